The Morgan fingerprint density at radius 3 is 2.56 bits per heavy atom. The first-order valence-electron chi connectivity index (χ1n) is 9.01. The first-order chi connectivity index (χ1) is 13.0. The molecule has 4 rings (SSSR count). The van der Waals surface area contributed by atoms with Crippen LogP contribution in [0.2, 0.25) is 0 Å². The Labute approximate surface area is 166 Å². The first kappa shape index (κ1) is 17.9. The predicted molar refractivity (Wildman–Crippen MR) is 112 cm³/mol. The maximum Gasteiger partial charge on any atom is 0.321 e. The van der Waals surface area contributed by atoms with Gasteiger partial charge in [-0.15, -0.1) is 0 Å². The molecular weight excluding hydrogens is 406 g/mol. The van der Waals surface area contributed by atoms with Crippen molar-refractivity contribution in [1.29, 1.82) is 0 Å². The van der Waals surface area contributed by atoms with E-state index >= 15 is 0 Å². The fourth-order valence-electron chi connectivity index (χ4n) is 3.45. The summed E-state index contributed by atoms with van der Waals surface area (Å²) in [5.41, 5.74) is 4.04. The van der Waals surface area contributed by atoms with E-state index in [2.05, 4.69) is 36.8 Å². The Kier molecular flexibility index (Phi) is 4.78. The van der Waals surface area contributed by atoms with E-state index in [4.69, 9.17) is 4.98 Å². The number of halogens is 1. The van der Waals surface area contributed by atoms with Gasteiger partial charge >= 0.3 is 6.03 Å². The summed E-state index contributed by atoms with van der Waals surface area (Å²) in [5, 5.41) is 2.99. The van der Waals surface area contributed by atoms with Crippen LogP contribution in [0.5, 0.6) is 0 Å². The van der Waals surface area contributed by atoms with Crippen molar-refractivity contribution in [3.8, 4) is 0 Å². The largest absolute Gasteiger partial charge is 0.339 e. The number of anilines is 2. The Morgan fingerprint density at radius 2 is 1.85 bits per heavy atom. The number of imidazole rings is 1. The summed E-state index contributed by atoms with van der Waals surface area (Å²) in [4.78, 5) is 21.4. The molecule has 0 spiro atoms. The van der Waals surface area contributed by atoms with E-state index in [0.717, 1.165) is 45.8 Å². The molecule has 7 heteroatoms. The maximum absolute atomic E-state index is 12.6. The molecule has 0 aliphatic carbocycles. The van der Waals surface area contributed by atoms with Gasteiger partial charge in [-0.3, -0.25) is 0 Å². The fourth-order valence-corrected chi connectivity index (χ4v) is 3.70. The summed E-state index contributed by atoms with van der Waals surface area (Å²) >= 11 is 3.48. The second-order valence-electron chi connectivity index (χ2n) is 6.83. The summed E-state index contributed by atoms with van der Waals surface area (Å²) in [5.74, 6) is 0.958. The lowest BCUT2D eigenvalue weighted by molar-refractivity contribution is 0.208. The number of piperazine rings is 1. The number of nitrogens with one attached hydrogen (secondary N) is 1. The molecule has 0 unspecified atom stereocenters. The van der Waals surface area contributed by atoms with Crippen molar-refractivity contribution in [2.75, 3.05) is 36.4 Å². The highest BCUT2D eigenvalue weighted by molar-refractivity contribution is 9.10. The van der Waals surface area contributed by atoms with Gasteiger partial charge in [0, 0.05) is 43.4 Å². The highest BCUT2D eigenvalue weighted by Gasteiger charge is 2.24. The van der Waals surface area contributed by atoms with Crippen LogP contribution < -0.4 is 10.2 Å². The number of carbonyl (C=O) groups excluding carboxylic acids is 1. The van der Waals surface area contributed by atoms with E-state index < -0.39 is 0 Å². The van der Waals surface area contributed by atoms with Crippen LogP contribution in [0.25, 0.3) is 11.0 Å². The number of aryl methyl sites for hydroxylation is 2. The van der Waals surface area contributed by atoms with Gasteiger partial charge in [0.1, 0.15) is 0 Å². The quantitative estimate of drug-likeness (QED) is 0.672. The van der Waals surface area contributed by atoms with Crippen LogP contribution >= 0.6 is 15.9 Å². The number of hydrogen-bond acceptors (Lipinski definition) is 3. The van der Waals surface area contributed by atoms with Gasteiger partial charge in [-0.25, -0.2) is 9.78 Å². The van der Waals surface area contributed by atoms with Gasteiger partial charge in [-0.05, 0) is 42.8 Å². The number of benzene rings is 2. The molecule has 1 aromatic heterocycles. The Morgan fingerprint density at radius 1 is 1.11 bits per heavy atom. The zero-order chi connectivity index (χ0) is 19.0. The highest BCUT2D eigenvalue weighted by atomic mass is 79.9. The normalized spacial score (nSPS) is 14.6. The lowest BCUT2D eigenvalue weighted by Gasteiger charge is -2.35. The second-order valence-corrected chi connectivity index (χ2v) is 7.68. The number of fused-ring (bicyclic) bond motifs is 1. The Bertz CT molecular complexity index is 991. The van der Waals surface area contributed by atoms with Crippen molar-refractivity contribution in [3.05, 3.63) is 52.5 Å². The van der Waals surface area contributed by atoms with Crippen molar-refractivity contribution in [2.24, 2.45) is 7.05 Å². The number of urea groups is 1. The standard InChI is InChI=1S/C20H22BrN5O/c1-14-13-15(7-8-16(14)21)22-20(27)26-11-9-25(10-12-26)19-23-17-5-3-4-6-18(17)24(19)2/h3-8,13H,9-12H2,1-2H3,(H,22,27). The van der Waals surface area contributed by atoms with Crippen LogP contribution in [0.15, 0.2) is 46.9 Å². The van der Waals surface area contributed by atoms with Gasteiger partial charge in [0.25, 0.3) is 0 Å². The zero-order valence-electron chi connectivity index (χ0n) is 15.4. The van der Waals surface area contributed by atoms with Crippen molar-refractivity contribution < 1.29 is 4.79 Å². The maximum atomic E-state index is 12.6. The summed E-state index contributed by atoms with van der Waals surface area (Å²) < 4.78 is 3.16. The van der Waals surface area contributed by atoms with Crippen molar-refractivity contribution in [1.82, 2.24) is 14.5 Å². The molecule has 2 amide bonds. The molecule has 6 nitrogen and oxygen atoms in total. The molecule has 2 aromatic carbocycles. The van der Waals surface area contributed by atoms with Gasteiger partial charge in [0.05, 0.1) is 11.0 Å². The number of aromatic nitrogens is 2. The minimum atomic E-state index is -0.0543. The van der Waals surface area contributed by atoms with Crippen molar-refractivity contribution in [2.45, 2.75) is 6.92 Å². The summed E-state index contributed by atoms with van der Waals surface area (Å²) in [6.07, 6.45) is 0. The summed E-state index contributed by atoms with van der Waals surface area (Å²) in [6, 6.07) is 13.9. The van der Waals surface area contributed by atoms with E-state index in [1.54, 1.807) is 0 Å². The molecule has 0 atom stereocenters. The van der Waals surface area contributed by atoms with Crippen LogP contribution in [0.4, 0.5) is 16.4 Å². The van der Waals surface area contributed by atoms with E-state index in [-0.39, 0.29) is 6.03 Å². The van der Waals surface area contributed by atoms with Gasteiger partial charge in [0.15, 0.2) is 0 Å². The average Bonchev–Trinajstić information content (AvgIpc) is 3.02. The summed E-state index contributed by atoms with van der Waals surface area (Å²) in [6.45, 7) is 4.89. The molecule has 3 aromatic rings. The van der Waals surface area contributed by atoms with Crippen LogP contribution in [-0.4, -0.2) is 46.7 Å². The molecule has 0 bridgehead atoms. The number of rotatable bonds is 2. The number of carbonyl (C=O) groups is 1. The molecule has 1 aliphatic heterocycles. The van der Waals surface area contributed by atoms with Gasteiger partial charge in [0.2, 0.25) is 5.95 Å². The highest BCUT2D eigenvalue weighted by Crippen LogP contribution is 2.23. The lowest BCUT2D eigenvalue weighted by Crippen LogP contribution is -2.50. The smallest absolute Gasteiger partial charge is 0.321 e. The predicted octanol–water partition coefficient (Wildman–Crippen LogP) is 4.00. The van der Waals surface area contributed by atoms with Crippen LogP contribution in [0.3, 0.4) is 0 Å². The fraction of sp³-hybridized carbons (Fsp3) is 0.300. The van der Waals surface area contributed by atoms with Gasteiger partial charge in [-0.1, -0.05) is 28.1 Å². The van der Waals surface area contributed by atoms with Crippen LogP contribution in [-0.2, 0) is 7.05 Å². The molecule has 0 saturated carbocycles. The van der Waals surface area contributed by atoms with E-state index in [1.165, 1.54) is 0 Å². The molecule has 1 N–H and O–H groups in total. The van der Waals surface area contributed by atoms with E-state index in [1.807, 2.05) is 55.3 Å². The molecular formula is C20H22BrN5O. The SMILES string of the molecule is Cc1cc(NC(=O)N2CCN(c3nc4ccccc4n3C)CC2)ccc1Br. The number of amides is 2. The van der Waals surface area contributed by atoms with Crippen LogP contribution in [0, 0.1) is 6.92 Å². The summed E-state index contributed by atoms with van der Waals surface area (Å²) in [7, 11) is 2.04. The average molecular weight is 428 g/mol. The lowest BCUT2D eigenvalue weighted by atomic mass is 10.2. The molecule has 1 saturated heterocycles. The number of nitrogens with zero attached hydrogens (tertiary/aromatic N) is 4. The molecule has 140 valence electrons. The second kappa shape index (κ2) is 7.23. The Hall–Kier alpha value is -2.54. The van der Waals surface area contributed by atoms with E-state index in [9.17, 15) is 4.79 Å². The van der Waals surface area contributed by atoms with Crippen molar-refractivity contribution in [3.63, 3.8) is 0 Å². The molecule has 1 aliphatic rings. The van der Waals surface area contributed by atoms with Crippen molar-refractivity contribution >= 4 is 44.6 Å². The van der Waals surface area contributed by atoms with Gasteiger partial charge in [-0.2, -0.15) is 0 Å². The topological polar surface area (TPSA) is 53.4 Å². The minimum Gasteiger partial charge on any atom is -0.339 e. The van der Waals surface area contributed by atoms with Gasteiger partial charge < -0.3 is 19.7 Å². The Balaban J connectivity index is 1.41. The monoisotopic (exact) mass is 427 g/mol. The molecule has 1 fully saturated rings. The number of para-hydroxylation sites is 2. The molecule has 0 radical (unpaired) electrons. The van der Waals surface area contributed by atoms with Crippen LogP contribution in [0.1, 0.15) is 5.56 Å². The number of hydrogen-bond donors (Lipinski definition) is 1. The zero-order valence-corrected chi connectivity index (χ0v) is 17.0. The molecule has 27 heavy (non-hydrogen) atoms. The molecule has 2 heterocycles. The third-order valence-corrected chi connectivity index (χ3v) is 5.91. The third kappa shape index (κ3) is 3.51. The minimum absolute atomic E-state index is 0.0543. The van der Waals surface area contributed by atoms with E-state index in [0.29, 0.717) is 13.1 Å². The first-order valence-corrected chi connectivity index (χ1v) is 9.81. The third-order valence-electron chi connectivity index (χ3n) is 5.02.